The molecule has 0 fully saturated rings. The Hall–Kier alpha value is -3.35. The Morgan fingerprint density at radius 2 is 1.88 bits per heavy atom. The summed E-state index contributed by atoms with van der Waals surface area (Å²) in [5, 5.41) is 8.98. The van der Waals surface area contributed by atoms with Gasteiger partial charge in [0.25, 0.3) is 5.56 Å². The van der Waals surface area contributed by atoms with E-state index in [1.54, 1.807) is 18.6 Å². The third-order valence-electron chi connectivity index (χ3n) is 3.63. The summed E-state index contributed by atoms with van der Waals surface area (Å²) in [5.74, 6) is 0.845. The van der Waals surface area contributed by atoms with Crippen LogP contribution in [0.15, 0.2) is 58.1 Å². The fraction of sp³-hybridized carbons (Fsp3) is 0.118. The van der Waals surface area contributed by atoms with Crippen molar-refractivity contribution in [3.63, 3.8) is 0 Å². The van der Waals surface area contributed by atoms with Crippen molar-refractivity contribution >= 4 is 10.9 Å². The molecule has 0 amide bonds. The maximum absolute atomic E-state index is 12.2. The molecule has 0 unspecified atom stereocenters. The van der Waals surface area contributed by atoms with Crippen LogP contribution in [0.25, 0.3) is 10.9 Å². The van der Waals surface area contributed by atoms with Crippen molar-refractivity contribution in [2.24, 2.45) is 0 Å². The highest BCUT2D eigenvalue weighted by molar-refractivity contribution is 5.78. The number of nitrogens with zero attached hydrogens (tertiary/aromatic N) is 4. The molecule has 24 heavy (non-hydrogen) atoms. The van der Waals surface area contributed by atoms with Gasteiger partial charge in [0.2, 0.25) is 11.8 Å². The lowest BCUT2D eigenvalue weighted by Gasteiger charge is -2.00. The Kier molecular flexibility index (Phi) is 3.59. The fourth-order valence-corrected chi connectivity index (χ4v) is 2.49. The van der Waals surface area contributed by atoms with Crippen LogP contribution in [-0.4, -0.2) is 25.1 Å². The van der Waals surface area contributed by atoms with Crippen molar-refractivity contribution in [1.29, 1.82) is 0 Å². The van der Waals surface area contributed by atoms with Gasteiger partial charge < -0.3 is 9.40 Å². The smallest absolute Gasteiger partial charge is 0.252 e. The normalized spacial score (nSPS) is 11.0. The van der Waals surface area contributed by atoms with E-state index in [1.807, 2.05) is 30.3 Å². The van der Waals surface area contributed by atoms with Gasteiger partial charge in [0.15, 0.2) is 0 Å². The summed E-state index contributed by atoms with van der Waals surface area (Å²) in [7, 11) is 0. The molecule has 3 aromatic heterocycles. The second kappa shape index (κ2) is 6.04. The first-order valence-corrected chi connectivity index (χ1v) is 7.45. The zero-order valence-corrected chi connectivity index (χ0v) is 12.6. The number of nitrogens with one attached hydrogen (secondary N) is 1. The van der Waals surface area contributed by atoms with Crippen molar-refractivity contribution in [2.75, 3.05) is 0 Å². The average Bonchev–Trinajstić information content (AvgIpc) is 3.03. The van der Waals surface area contributed by atoms with Gasteiger partial charge in [0.05, 0.1) is 18.5 Å². The van der Waals surface area contributed by atoms with Gasteiger partial charge in [0, 0.05) is 29.7 Å². The van der Waals surface area contributed by atoms with Crippen LogP contribution in [0, 0.1) is 0 Å². The number of rotatable bonds is 4. The number of aromatic nitrogens is 5. The van der Waals surface area contributed by atoms with E-state index in [1.165, 1.54) is 0 Å². The zero-order chi connectivity index (χ0) is 16.4. The molecular weight excluding hydrogens is 306 g/mol. The first-order valence-electron chi connectivity index (χ1n) is 7.45. The Bertz CT molecular complexity index is 1040. The van der Waals surface area contributed by atoms with E-state index in [0.29, 0.717) is 23.8 Å². The summed E-state index contributed by atoms with van der Waals surface area (Å²) in [4.78, 5) is 23.2. The number of H-pyrrole nitrogens is 1. The molecule has 3 heterocycles. The molecular formula is C17H13N5O2. The lowest BCUT2D eigenvalue weighted by Crippen LogP contribution is -2.12. The molecule has 0 aliphatic carbocycles. The van der Waals surface area contributed by atoms with Gasteiger partial charge in [-0.3, -0.25) is 14.8 Å². The van der Waals surface area contributed by atoms with Crippen LogP contribution in [0.3, 0.4) is 0 Å². The van der Waals surface area contributed by atoms with E-state index >= 15 is 0 Å². The van der Waals surface area contributed by atoms with Gasteiger partial charge in [0.1, 0.15) is 0 Å². The third-order valence-corrected chi connectivity index (χ3v) is 3.63. The third kappa shape index (κ3) is 2.91. The number of fused-ring (bicyclic) bond motifs is 1. The summed E-state index contributed by atoms with van der Waals surface area (Å²) in [6, 6.07) is 9.47. The number of benzene rings is 1. The molecule has 0 bridgehead atoms. The summed E-state index contributed by atoms with van der Waals surface area (Å²) in [6.45, 7) is 0. The molecule has 0 aliphatic heterocycles. The van der Waals surface area contributed by atoms with Crippen LogP contribution in [-0.2, 0) is 12.8 Å². The van der Waals surface area contributed by atoms with E-state index in [9.17, 15) is 4.79 Å². The van der Waals surface area contributed by atoms with Crippen LogP contribution in [0.1, 0.15) is 23.0 Å². The number of aromatic amines is 1. The first-order chi connectivity index (χ1) is 11.8. The van der Waals surface area contributed by atoms with Crippen LogP contribution in [0.2, 0.25) is 0 Å². The topological polar surface area (TPSA) is 97.6 Å². The van der Waals surface area contributed by atoms with Crippen molar-refractivity contribution in [1.82, 2.24) is 25.1 Å². The minimum absolute atomic E-state index is 0.151. The lowest BCUT2D eigenvalue weighted by molar-refractivity contribution is 0.464. The summed E-state index contributed by atoms with van der Waals surface area (Å²) < 4.78 is 5.62. The lowest BCUT2D eigenvalue weighted by atomic mass is 10.1. The monoisotopic (exact) mass is 319 g/mol. The average molecular weight is 319 g/mol. The predicted molar refractivity (Wildman–Crippen MR) is 86.5 cm³/mol. The van der Waals surface area contributed by atoms with Gasteiger partial charge in [-0.25, -0.2) is 0 Å². The predicted octanol–water partition coefficient (Wildman–Crippen LogP) is 1.88. The minimum Gasteiger partial charge on any atom is -0.425 e. The minimum atomic E-state index is -0.151. The molecule has 1 aromatic carbocycles. The molecule has 4 rings (SSSR count). The zero-order valence-electron chi connectivity index (χ0n) is 12.6. The van der Waals surface area contributed by atoms with E-state index in [0.717, 1.165) is 16.6 Å². The number of pyridine rings is 1. The van der Waals surface area contributed by atoms with Crippen molar-refractivity contribution in [3.05, 3.63) is 82.3 Å². The Morgan fingerprint density at radius 3 is 2.71 bits per heavy atom. The van der Waals surface area contributed by atoms with E-state index in [-0.39, 0.29) is 12.0 Å². The van der Waals surface area contributed by atoms with Crippen LogP contribution >= 0.6 is 0 Å². The quantitative estimate of drug-likeness (QED) is 0.617. The van der Waals surface area contributed by atoms with Crippen molar-refractivity contribution in [3.8, 4) is 0 Å². The molecule has 0 spiro atoms. The fourth-order valence-electron chi connectivity index (χ4n) is 2.49. The van der Waals surface area contributed by atoms with Gasteiger partial charge in [-0.15, -0.1) is 10.2 Å². The molecule has 7 nitrogen and oxygen atoms in total. The van der Waals surface area contributed by atoms with E-state index in [4.69, 9.17) is 4.42 Å². The Labute approximate surface area is 136 Å². The second-order valence-electron chi connectivity index (χ2n) is 5.35. The SMILES string of the molecule is O=c1[nH]c2ccccc2cc1Cc1nnc(Cc2cnccn2)o1. The van der Waals surface area contributed by atoms with Gasteiger partial charge >= 0.3 is 0 Å². The Morgan fingerprint density at radius 1 is 1.04 bits per heavy atom. The summed E-state index contributed by atoms with van der Waals surface area (Å²) in [6.07, 6.45) is 5.57. The molecule has 0 radical (unpaired) electrons. The number of para-hydroxylation sites is 1. The molecule has 4 aromatic rings. The highest BCUT2D eigenvalue weighted by Crippen LogP contribution is 2.13. The molecule has 7 heteroatoms. The highest BCUT2D eigenvalue weighted by atomic mass is 16.4. The summed E-state index contributed by atoms with van der Waals surface area (Å²) >= 11 is 0. The van der Waals surface area contributed by atoms with Crippen LogP contribution in [0.5, 0.6) is 0 Å². The van der Waals surface area contributed by atoms with Gasteiger partial charge in [-0.1, -0.05) is 18.2 Å². The molecule has 118 valence electrons. The second-order valence-corrected chi connectivity index (χ2v) is 5.35. The molecule has 0 saturated heterocycles. The maximum atomic E-state index is 12.2. The largest absolute Gasteiger partial charge is 0.425 e. The number of hydrogen-bond acceptors (Lipinski definition) is 6. The highest BCUT2D eigenvalue weighted by Gasteiger charge is 2.11. The standard InChI is InChI=1S/C17H13N5O2/c23-17-12(7-11-3-1-2-4-14(11)20-17)8-15-21-22-16(24-15)9-13-10-18-5-6-19-13/h1-7,10H,8-9H2,(H,20,23). The Balaban J connectivity index is 1.58. The van der Waals surface area contributed by atoms with Crippen LogP contribution < -0.4 is 5.56 Å². The van der Waals surface area contributed by atoms with Crippen molar-refractivity contribution < 1.29 is 4.42 Å². The van der Waals surface area contributed by atoms with E-state index < -0.39 is 0 Å². The molecule has 0 atom stereocenters. The maximum Gasteiger partial charge on any atom is 0.252 e. The number of hydrogen-bond donors (Lipinski definition) is 1. The van der Waals surface area contributed by atoms with Crippen molar-refractivity contribution in [2.45, 2.75) is 12.8 Å². The molecule has 1 N–H and O–H groups in total. The molecule has 0 saturated carbocycles. The first kappa shape index (κ1) is 14.3. The van der Waals surface area contributed by atoms with Gasteiger partial charge in [-0.2, -0.15) is 0 Å². The molecule has 0 aliphatic rings. The van der Waals surface area contributed by atoms with E-state index in [2.05, 4.69) is 25.1 Å². The van der Waals surface area contributed by atoms with Crippen LogP contribution in [0.4, 0.5) is 0 Å². The van der Waals surface area contributed by atoms with Gasteiger partial charge in [-0.05, 0) is 17.5 Å². The summed E-state index contributed by atoms with van der Waals surface area (Å²) in [5.41, 5.74) is 1.99.